The van der Waals surface area contributed by atoms with E-state index in [9.17, 15) is 9.90 Å². The van der Waals surface area contributed by atoms with Gasteiger partial charge >= 0.3 is 0 Å². The van der Waals surface area contributed by atoms with Crippen molar-refractivity contribution in [3.05, 3.63) is 0 Å². The maximum atomic E-state index is 11.3. The van der Waals surface area contributed by atoms with Crippen LogP contribution in [-0.2, 0) is 9.90 Å². The fraction of sp³-hybridized carbons (Fsp3) is 0.889. The molecule has 0 aliphatic carbocycles. The van der Waals surface area contributed by atoms with E-state index in [1.807, 2.05) is 6.92 Å². The van der Waals surface area contributed by atoms with Crippen LogP contribution in [0.5, 0.6) is 0 Å². The molecule has 1 aliphatic heterocycles. The van der Waals surface area contributed by atoms with Crippen LogP contribution in [0.4, 0.5) is 0 Å². The van der Waals surface area contributed by atoms with E-state index in [1.54, 1.807) is 4.90 Å². The largest absolute Gasteiger partial charge is 0.340 e. The molecule has 0 spiro atoms. The van der Waals surface area contributed by atoms with Gasteiger partial charge in [-0.15, -0.1) is 0 Å². The van der Waals surface area contributed by atoms with Gasteiger partial charge < -0.3 is 4.90 Å². The van der Waals surface area contributed by atoms with Crippen LogP contribution in [-0.4, -0.2) is 30.0 Å². The molecule has 1 atom stereocenters. The first-order chi connectivity index (χ1) is 5.75. The van der Waals surface area contributed by atoms with E-state index < -0.39 is 6.10 Å². The number of hydrogen-bond donors (Lipinski definition) is 0. The van der Waals surface area contributed by atoms with Gasteiger partial charge in [0.2, 0.25) is 0 Å². The zero-order valence-electron chi connectivity index (χ0n) is 7.58. The highest BCUT2D eigenvalue weighted by atomic mass is 16.3. The van der Waals surface area contributed by atoms with Crippen molar-refractivity contribution in [1.29, 1.82) is 0 Å². The lowest BCUT2D eigenvalue weighted by Gasteiger charge is -2.17. The van der Waals surface area contributed by atoms with Gasteiger partial charge in [-0.1, -0.05) is 13.3 Å². The minimum atomic E-state index is -1.01. The number of rotatable bonds is 3. The molecule has 0 aromatic carbocycles. The summed E-state index contributed by atoms with van der Waals surface area (Å²) in [6, 6.07) is 0. The molecule has 12 heavy (non-hydrogen) atoms. The van der Waals surface area contributed by atoms with E-state index in [0.29, 0.717) is 6.42 Å². The third kappa shape index (κ3) is 2.21. The Kier molecular flexibility index (Phi) is 3.53. The summed E-state index contributed by atoms with van der Waals surface area (Å²) in [5.41, 5.74) is 0. The molecular weight excluding hydrogens is 154 g/mol. The number of nitrogens with zero attached hydrogens (tertiary/aromatic N) is 1. The first-order valence-corrected chi connectivity index (χ1v) is 4.70. The number of carbonyl (C=O) groups excluding carboxylic acids is 1. The second-order valence-electron chi connectivity index (χ2n) is 3.31. The molecule has 1 unspecified atom stereocenters. The van der Waals surface area contributed by atoms with Gasteiger partial charge in [-0.2, -0.15) is 0 Å². The van der Waals surface area contributed by atoms with Crippen molar-refractivity contribution in [1.82, 2.24) is 4.90 Å². The molecule has 1 radical (unpaired) electrons. The van der Waals surface area contributed by atoms with Gasteiger partial charge in [-0.3, -0.25) is 4.79 Å². The van der Waals surface area contributed by atoms with Gasteiger partial charge in [0.1, 0.15) is 0 Å². The first kappa shape index (κ1) is 9.52. The molecule has 0 aromatic rings. The number of hydrogen-bond acceptors (Lipinski definition) is 1. The second-order valence-corrected chi connectivity index (χ2v) is 3.31. The topological polar surface area (TPSA) is 40.2 Å². The molecular formula is C9H16NO2. The van der Waals surface area contributed by atoms with E-state index in [-0.39, 0.29) is 5.91 Å². The summed E-state index contributed by atoms with van der Waals surface area (Å²) in [5, 5.41) is 11.2. The highest BCUT2D eigenvalue weighted by Gasteiger charge is 2.24. The minimum Gasteiger partial charge on any atom is -0.340 e. The van der Waals surface area contributed by atoms with Gasteiger partial charge in [-0.05, 0) is 19.3 Å². The van der Waals surface area contributed by atoms with Crippen molar-refractivity contribution in [3.8, 4) is 0 Å². The Morgan fingerprint density at radius 1 is 1.42 bits per heavy atom. The van der Waals surface area contributed by atoms with Crippen LogP contribution in [0.15, 0.2) is 0 Å². The average Bonchev–Trinajstić information content (AvgIpc) is 2.55. The zero-order valence-corrected chi connectivity index (χ0v) is 7.58. The van der Waals surface area contributed by atoms with Gasteiger partial charge in [0.15, 0.2) is 6.10 Å². The lowest BCUT2D eigenvalue weighted by molar-refractivity contribution is -0.143. The smallest absolute Gasteiger partial charge is 0.255 e. The van der Waals surface area contributed by atoms with Crippen LogP contribution in [0, 0.1) is 0 Å². The van der Waals surface area contributed by atoms with Gasteiger partial charge in [-0.25, -0.2) is 5.11 Å². The molecule has 0 bridgehead atoms. The Labute approximate surface area is 73.4 Å². The average molecular weight is 170 g/mol. The Hall–Kier alpha value is -0.570. The van der Waals surface area contributed by atoms with E-state index >= 15 is 0 Å². The van der Waals surface area contributed by atoms with Crippen LogP contribution in [0.1, 0.15) is 32.6 Å². The molecule has 1 heterocycles. The highest BCUT2D eigenvalue weighted by molar-refractivity contribution is 5.80. The lowest BCUT2D eigenvalue weighted by atomic mass is 10.2. The molecule has 3 heteroatoms. The van der Waals surface area contributed by atoms with E-state index in [0.717, 1.165) is 32.4 Å². The van der Waals surface area contributed by atoms with Crippen LogP contribution in [0.3, 0.4) is 0 Å². The number of likely N-dealkylation sites (tertiary alicyclic amines) is 1. The quantitative estimate of drug-likeness (QED) is 0.627. The van der Waals surface area contributed by atoms with Crippen molar-refractivity contribution in [3.63, 3.8) is 0 Å². The maximum absolute atomic E-state index is 11.3. The zero-order chi connectivity index (χ0) is 8.97. The van der Waals surface area contributed by atoms with E-state index in [1.165, 1.54) is 0 Å². The second kappa shape index (κ2) is 4.45. The summed E-state index contributed by atoms with van der Waals surface area (Å²) in [7, 11) is 0. The molecule has 0 saturated carbocycles. The molecule has 1 amide bonds. The standard InChI is InChI=1S/C9H16NO2/c1-2-5-8(11)9(12)10-6-3-4-7-10/h8H,2-7H2,1H3. The van der Waals surface area contributed by atoms with E-state index in [4.69, 9.17) is 0 Å². The SMILES string of the molecule is CCCC([O])C(=O)N1CCCC1. The predicted octanol–water partition coefficient (Wildman–Crippen LogP) is 1.21. The maximum Gasteiger partial charge on any atom is 0.255 e. The molecule has 1 rings (SSSR count). The summed E-state index contributed by atoms with van der Waals surface area (Å²) in [5.74, 6) is -0.186. The molecule has 1 aliphatic rings. The summed E-state index contributed by atoms with van der Waals surface area (Å²) < 4.78 is 0. The van der Waals surface area contributed by atoms with Crippen LogP contribution < -0.4 is 0 Å². The van der Waals surface area contributed by atoms with Gasteiger partial charge in [0.25, 0.3) is 5.91 Å². The summed E-state index contributed by atoms with van der Waals surface area (Å²) in [6.45, 7) is 3.52. The minimum absolute atomic E-state index is 0.186. The molecule has 0 N–H and O–H groups in total. The van der Waals surface area contributed by atoms with Gasteiger partial charge in [0.05, 0.1) is 0 Å². The van der Waals surface area contributed by atoms with Crippen LogP contribution >= 0.6 is 0 Å². The predicted molar refractivity (Wildman–Crippen MR) is 45.2 cm³/mol. The van der Waals surface area contributed by atoms with Crippen molar-refractivity contribution >= 4 is 5.91 Å². The third-order valence-corrected chi connectivity index (χ3v) is 2.24. The number of carbonyl (C=O) groups is 1. The van der Waals surface area contributed by atoms with Crippen molar-refractivity contribution in [2.75, 3.05) is 13.1 Å². The fourth-order valence-corrected chi connectivity index (χ4v) is 1.53. The van der Waals surface area contributed by atoms with Gasteiger partial charge in [0, 0.05) is 13.1 Å². The van der Waals surface area contributed by atoms with E-state index in [2.05, 4.69) is 0 Å². The summed E-state index contributed by atoms with van der Waals surface area (Å²) in [4.78, 5) is 13.1. The molecule has 1 fully saturated rings. The summed E-state index contributed by atoms with van der Waals surface area (Å²) in [6.07, 6.45) is 2.39. The van der Waals surface area contributed by atoms with Crippen LogP contribution in [0.2, 0.25) is 0 Å². The molecule has 0 aromatic heterocycles. The molecule has 3 nitrogen and oxygen atoms in total. The van der Waals surface area contributed by atoms with Crippen LogP contribution in [0.25, 0.3) is 0 Å². The highest BCUT2D eigenvalue weighted by Crippen LogP contribution is 2.11. The first-order valence-electron chi connectivity index (χ1n) is 4.70. The third-order valence-electron chi connectivity index (χ3n) is 2.24. The summed E-state index contributed by atoms with van der Waals surface area (Å²) >= 11 is 0. The number of amides is 1. The Morgan fingerprint density at radius 3 is 2.50 bits per heavy atom. The fourth-order valence-electron chi connectivity index (χ4n) is 1.53. The molecule has 69 valence electrons. The van der Waals surface area contributed by atoms with Crippen molar-refractivity contribution in [2.45, 2.75) is 38.7 Å². The monoisotopic (exact) mass is 170 g/mol. The molecule has 1 saturated heterocycles. The Morgan fingerprint density at radius 2 is 2.00 bits per heavy atom. The Balaban J connectivity index is 2.34. The Bertz CT molecular complexity index is 153. The normalized spacial score (nSPS) is 19.7. The van der Waals surface area contributed by atoms with Crippen molar-refractivity contribution in [2.24, 2.45) is 0 Å². The lowest BCUT2D eigenvalue weighted by Crippen LogP contribution is -2.36. The van der Waals surface area contributed by atoms with Crippen molar-refractivity contribution < 1.29 is 9.90 Å².